The monoisotopic (exact) mass is 344 g/mol. The van der Waals surface area contributed by atoms with E-state index in [2.05, 4.69) is 39.9 Å². The molecule has 0 saturated carbocycles. The zero-order valence-electron chi connectivity index (χ0n) is 15.4. The van der Waals surface area contributed by atoms with E-state index < -0.39 is 0 Å². The van der Waals surface area contributed by atoms with Gasteiger partial charge in [-0.1, -0.05) is 13.8 Å². The number of hydrogen-bond donors (Lipinski definition) is 1. The van der Waals surface area contributed by atoms with Gasteiger partial charge in [0.05, 0.1) is 6.54 Å². The Bertz CT molecular complexity index is 696. The Kier molecular flexibility index (Phi) is 5.40. The standard InChI is InChI=1S/C18H28N6O/c1-14(2)13-24-11-8-19-17(24)12-20-18(25)23-9-5-15(6-10-23)16-4-7-21-22(16)3/h4,7-8,11,14-15H,5-6,9-10,12-13H2,1-3H3,(H,20,25). The molecule has 0 spiro atoms. The van der Waals surface area contributed by atoms with Gasteiger partial charge in [0.2, 0.25) is 0 Å². The largest absolute Gasteiger partial charge is 0.333 e. The van der Waals surface area contributed by atoms with Crippen LogP contribution in [0.3, 0.4) is 0 Å². The third-order valence-corrected chi connectivity index (χ3v) is 4.82. The van der Waals surface area contributed by atoms with Crippen LogP contribution in [-0.4, -0.2) is 43.4 Å². The van der Waals surface area contributed by atoms with Gasteiger partial charge in [0.15, 0.2) is 0 Å². The number of carbonyl (C=O) groups excluding carboxylic acids is 1. The van der Waals surface area contributed by atoms with Crippen molar-refractivity contribution in [3.8, 4) is 0 Å². The highest BCUT2D eigenvalue weighted by molar-refractivity contribution is 5.74. The molecule has 1 fully saturated rings. The van der Waals surface area contributed by atoms with Crippen LogP contribution in [0.15, 0.2) is 24.7 Å². The first kappa shape index (κ1) is 17.5. The maximum Gasteiger partial charge on any atom is 0.317 e. The van der Waals surface area contributed by atoms with Crippen LogP contribution in [-0.2, 0) is 20.1 Å². The van der Waals surface area contributed by atoms with Crippen LogP contribution in [0.1, 0.15) is 44.1 Å². The van der Waals surface area contributed by atoms with Crippen molar-refractivity contribution < 1.29 is 4.79 Å². The molecule has 1 aliphatic heterocycles. The summed E-state index contributed by atoms with van der Waals surface area (Å²) in [6.07, 6.45) is 7.57. The van der Waals surface area contributed by atoms with Gasteiger partial charge in [0.1, 0.15) is 5.82 Å². The summed E-state index contributed by atoms with van der Waals surface area (Å²) in [6.45, 7) is 7.30. The molecule has 136 valence electrons. The first-order valence-electron chi connectivity index (χ1n) is 9.05. The number of rotatable bonds is 5. The summed E-state index contributed by atoms with van der Waals surface area (Å²) in [7, 11) is 1.98. The number of nitrogens with zero attached hydrogens (tertiary/aromatic N) is 5. The fraction of sp³-hybridized carbons (Fsp3) is 0.611. The number of piperidine rings is 1. The summed E-state index contributed by atoms with van der Waals surface area (Å²) in [5, 5.41) is 7.26. The van der Waals surface area contributed by atoms with Crippen LogP contribution in [0, 0.1) is 5.92 Å². The highest BCUT2D eigenvalue weighted by Gasteiger charge is 2.25. The van der Waals surface area contributed by atoms with E-state index in [1.54, 1.807) is 6.20 Å². The van der Waals surface area contributed by atoms with Crippen LogP contribution in [0.25, 0.3) is 0 Å². The molecule has 3 rings (SSSR count). The van der Waals surface area contributed by atoms with Crippen molar-refractivity contribution in [2.75, 3.05) is 13.1 Å². The number of aryl methyl sites for hydroxylation is 1. The van der Waals surface area contributed by atoms with Gasteiger partial charge in [0.25, 0.3) is 0 Å². The van der Waals surface area contributed by atoms with Crippen LogP contribution >= 0.6 is 0 Å². The molecule has 2 aromatic rings. The molecular formula is C18H28N6O. The number of nitrogens with one attached hydrogen (secondary N) is 1. The van der Waals surface area contributed by atoms with Gasteiger partial charge in [-0.2, -0.15) is 5.10 Å². The van der Waals surface area contributed by atoms with Gasteiger partial charge in [-0.15, -0.1) is 0 Å². The van der Waals surface area contributed by atoms with Gasteiger partial charge in [-0.3, -0.25) is 4.68 Å². The van der Waals surface area contributed by atoms with Crippen molar-refractivity contribution in [3.63, 3.8) is 0 Å². The number of likely N-dealkylation sites (tertiary alicyclic amines) is 1. The minimum atomic E-state index is 0.00236. The summed E-state index contributed by atoms with van der Waals surface area (Å²) in [5.41, 5.74) is 1.26. The van der Waals surface area contributed by atoms with E-state index in [-0.39, 0.29) is 6.03 Å². The summed E-state index contributed by atoms with van der Waals surface area (Å²) in [4.78, 5) is 18.7. The van der Waals surface area contributed by atoms with Crippen LogP contribution in [0.5, 0.6) is 0 Å². The number of amides is 2. The Morgan fingerprint density at radius 2 is 2.08 bits per heavy atom. The topological polar surface area (TPSA) is 68.0 Å². The van der Waals surface area contributed by atoms with E-state index in [1.807, 2.05) is 29.0 Å². The number of aromatic nitrogens is 4. The van der Waals surface area contributed by atoms with Gasteiger partial charge < -0.3 is 14.8 Å². The molecule has 7 nitrogen and oxygen atoms in total. The van der Waals surface area contributed by atoms with Crippen LogP contribution in [0.4, 0.5) is 4.79 Å². The Labute approximate surface area is 149 Å². The van der Waals surface area contributed by atoms with E-state index in [1.165, 1.54) is 5.69 Å². The third kappa shape index (κ3) is 4.21. The lowest BCUT2D eigenvalue weighted by Gasteiger charge is -2.32. The molecule has 3 heterocycles. The normalized spacial score (nSPS) is 15.8. The Balaban J connectivity index is 1.49. The van der Waals surface area contributed by atoms with Crippen LogP contribution in [0.2, 0.25) is 0 Å². The molecule has 0 bridgehead atoms. The molecule has 0 atom stereocenters. The minimum Gasteiger partial charge on any atom is -0.333 e. The maximum atomic E-state index is 12.4. The summed E-state index contributed by atoms with van der Waals surface area (Å²) < 4.78 is 4.05. The Morgan fingerprint density at radius 3 is 2.72 bits per heavy atom. The summed E-state index contributed by atoms with van der Waals surface area (Å²) in [5.74, 6) is 1.95. The number of urea groups is 1. The van der Waals surface area contributed by atoms with Crippen molar-refractivity contribution in [2.24, 2.45) is 13.0 Å². The molecular weight excluding hydrogens is 316 g/mol. The second-order valence-electron chi connectivity index (χ2n) is 7.19. The van der Waals surface area contributed by atoms with E-state index in [0.29, 0.717) is 18.4 Å². The molecule has 7 heteroatoms. The summed E-state index contributed by atoms with van der Waals surface area (Å²) in [6, 6.07) is 2.08. The fourth-order valence-electron chi connectivity index (χ4n) is 3.50. The molecule has 0 aliphatic carbocycles. The highest BCUT2D eigenvalue weighted by atomic mass is 16.2. The number of hydrogen-bond acceptors (Lipinski definition) is 3. The molecule has 1 saturated heterocycles. The van der Waals surface area contributed by atoms with Crippen molar-refractivity contribution in [1.82, 2.24) is 29.5 Å². The Hall–Kier alpha value is -2.31. The molecule has 25 heavy (non-hydrogen) atoms. The van der Waals surface area contributed by atoms with Gasteiger partial charge in [0, 0.05) is 56.9 Å². The predicted octanol–water partition coefficient (Wildman–Crippen LogP) is 2.36. The molecule has 1 N–H and O–H groups in total. The maximum absolute atomic E-state index is 12.4. The van der Waals surface area contributed by atoms with Crippen molar-refractivity contribution in [3.05, 3.63) is 36.2 Å². The number of imidazole rings is 1. The summed E-state index contributed by atoms with van der Waals surface area (Å²) >= 11 is 0. The average Bonchev–Trinajstić information content (AvgIpc) is 3.21. The molecule has 2 amide bonds. The predicted molar refractivity (Wildman–Crippen MR) is 96.1 cm³/mol. The molecule has 0 unspecified atom stereocenters. The average molecular weight is 344 g/mol. The molecule has 2 aromatic heterocycles. The van der Waals surface area contributed by atoms with E-state index in [4.69, 9.17) is 0 Å². The Morgan fingerprint density at radius 1 is 1.32 bits per heavy atom. The third-order valence-electron chi connectivity index (χ3n) is 4.82. The number of carbonyl (C=O) groups is 1. The lowest BCUT2D eigenvalue weighted by molar-refractivity contribution is 0.179. The lowest BCUT2D eigenvalue weighted by atomic mass is 9.93. The first-order chi connectivity index (χ1) is 12.0. The van der Waals surface area contributed by atoms with E-state index in [0.717, 1.165) is 38.3 Å². The molecule has 0 radical (unpaired) electrons. The quantitative estimate of drug-likeness (QED) is 0.905. The molecule has 1 aliphatic rings. The highest BCUT2D eigenvalue weighted by Crippen LogP contribution is 2.27. The fourth-order valence-corrected chi connectivity index (χ4v) is 3.50. The van der Waals surface area contributed by atoms with Crippen molar-refractivity contribution >= 4 is 6.03 Å². The minimum absolute atomic E-state index is 0.00236. The second kappa shape index (κ2) is 7.72. The van der Waals surface area contributed by atoms with Crippen LogP contribution < -0.4 is 5.32 Å². The molecule has 0 aromatic carbocycles. The smallest absolute Gasteiger partial charge is 0.317 e. The van der Waals surface area contributed by atoms with Crippen molar-refractivity contribution in [1.29, 1.82) is 0 Å². The second-order valence-corrected chi connectivity index (χ2v) is 7.19. The zero-order valence-corrected chi connectivity index (χ0v) is 15.4. The zero-order chi connectivity index (χ0) is 17.8. The lowest BCUT2D eigenvalue weighted by Crippen LogP contribution is -2.44. The van der Waals surface area contributed by atoms with E-state index >= 15 is 0 Å². The van der Waals surface area contributed by atoms with Gasteiger partial charge in [-0.25, -0.2) is 9.78 Å². The van der Waals surface area contributed by atoms with Gasteiger partial charge in [-0.05, 0) is 24.8 Å². The first-order valence-corrected chi connectivity index (χ1v) is 9.05. The van der Waals surface area contributed by atoms with Crippen molar-refractivity contribution in [2.45, 2.75) is 45.7 Å². The van der Waals surface area contributed by atoms with Gasteiger partial charge >= 0.3 is 6.03 Å². The van der Waals surface area contributed by atoms with E-state index in [9.17, 15) is 4.79 Å². The SMILES string of the molecule is CC(C)Cn1ccnc1CNC(=O)N1CCC(c2ccnn2C)CC1.